The lowest BCUT2D eigenvalue weighted by atomic mass is 10.0. The predicted octanol–water partition coefficient (Wildman–Crippen LogP) is 2.75. The van der Waals surface area contributed by atoms with Gasteiger partial charge < -0.3 is 31.6 Å². The molecule has 1 aromatic heterocycles. The maximum absolute atomic E-state index is 13.0. The number of nitrogens with zero attached hydrogens (tertiary/aromatic N) is 3. The molecule has 2 rings (SSSR count). The molecule has 2 amide bonds. The van der Waals surface area contributed by atoms with Crippen molar-refractivity contribution in [3.8, 4) is 5.75 Å². The number of aromatic nitrogens is 2. The Labute approximate surface area is 216 Å². The predicted molar refractivity (Wildman–Crippen MR) is 141 cm³/mol. The summed E-state index contributed by atoms with van der Waals surface area (Å²) >= 11 is 0. The summed E-state index contributed by atoms with van der Waals surface area (Å²) < 4.78 is 1.40. The first-order valence-corrected chi connectivity index (χ1v) is 12.3. The largest absolute Gasteiger partial charge is 0.508 e. The summed E-state index contributed by atoms with van der Waals surface area (Å²) in [6.45, 7) is 4.62. The van der Waals surface area contributed by atoms with E-state index in [4.69, 9.17) is 5.73 Å². The van der Waals surface area contributed by atoms with E-state index in [0.717, 1.165) is 18.4 Å². The highest BCUT2D eigenvalue weighted by molar-refractivity contribution is 5.89. The maximum atomic E-state index is 13.0. The zero-order valence-electron chi connectivity index (χ0n) is 21.3. The second-order valence-corrected chi connectivity index (χ2v) is 8.62. The molecule has 0 aliphatic rings. The van der Waals surface area contributed by atoms with Crippen LogP contribution in [0.25, 0.3) is 0 Å². The van der Waals surface area contributed by atoms with Gasteiger partial charge in [0.1, 0.15) is 24.2 Å². The molecule has 5 N–H and O–H groups in total. The fourth-order valence-corrected chi connectivity index (χ4v) is 3.81. The van der Waals surface area contributed by atoms with Gasteiger partial charge in [-0.25, -0.2) is 4.57 Å². The van der Waals surface area contributed by atoms with Crippen LogP contribution in [0.4, 0.5) is 5.95 Å². The molecule has 0 spiro atoms. The van der Waals surface area contributed by atoms with Gasteiger partial charge in [0.05, 0.1) is 12.6 Å². The van der Waals surface area contributed by atoms with E-state index in [9.17, 15) is 24.8 Å². The van der Waals surface area contributed by atoms with Crippen LogP contribution in [-0.4, -0.2) is 50.0 Å². The number of phenolic OH excluding ortho intramolecular Hbond substituents is 1. The van der Waals surface area contributed by atoms with Gasteiger partial charge in [0.25, 0.3) is 0 Å². The molecule has 200 valence electrons. The Morgan fingerprint density at radius 2 is 1.95 bits per heavy atom. The number of amides is 2. The molecule has 1 unspecified atom stereocenters. The fraction of sp³-hybridized carbons (Fsp3) is 0.423. The first-order chi connectivity index (χ1) is 17.7. The molecule has 0 fully saturated rings. The molecule has 0 saturated carbocycles. The Morgan fingerprint density at radius 3 is 2.59 bits per heavy atom. The zero-order chi connectivity index (χ0) is 27.2. The molecule has 0 saturated heterocycles. The van der Waals surface area contributed by atoms with Crippen molar-refractivity contribution >= 4 is 17.8 Å². The topological polar surface area (TPSA) is 165 Å². The van der Waals surface area contributed by atoms with Crippen LogP contribution in [0.15, 0.2) is 60.5 Å². The number of phenols is 1. The summed E-state index contributed by atoms with van der Waals surface area (Å²) in [6.07, 6.45) is 11.3. The van der Waals surface area contributed by atoms with Crippen LogP contribution in [0.1, 0.15) is 45.1 Å². The van der Waals surface area contributed by atoms with Gasteiger partial charge in [-0.1, -0.05) is 40.9 Å². The molecule has 0 bridgehead atoms. The van der Waals surface area contributed by atoms with E-state index < -0.39 is 22.9 Å². The quantitative estimate of drug-likeness (QED) is 0.123. The van der Waals surface area contributed by atoms with Crippen LogP contribution in [0.5, 0.6) is 5.75 Å². The zero-order valence-corrected chi connectivity index (χ0v) is 21.3. The second kappa shape index (κ2) is 15.2. The van der Waals surface area contributed by atoms with E-state index >= 15 is 0 Å². The Hall–Kier alpha value is -3.99. The van der Waals surface area contributed by atoms with Gasteiger partial charge in [0.15, 0.2) is 0 Å². The first kappa shape index (κ1) is 29.2. The number of carbonyl (C=O) groups is 2. The van der Waals surface area contributed by atoms with E-state index in [-0.39, 0.29) is 37.0 Å². The molecule has 0 radical (unpaired) electrons. The van der Waals surface area contributed by atoms with Gasteiger partial charge in [0, 0.05) is 6.54 Å². The number of nitro groups is 1. The van der Waals surface area contributed by atoms with E-state index in [1.165, 1.54) is 34.7 Å². The number of allylic oxidation sites excluding steroid dienone is 4. The third-order valence-electron chi connectivity index (χ3n) is 5.80. The third kappa shape index (κ3) is 9.88. The van der Waals surface area contributed by atoms with Crippen LogP contribution in [-0.2, 0) is 22.6 Å². The molecule has 11 nitrogen and oxygen atoms in total. The number of carbonyl (C=O) groups excluding carboxylic acids is 2. The number of benzene rings is 1. The standard InChI is InChI=1S/C26H36N6O5/c1-3-7-19(4-2)8-5-14-28-25(35)23(9-6-16-31-17-15-29-26(31)32(36)37)30-24(34)22(27)18-20-10-12-21(33)13-11-20/h3-4,7,10-13,15,17,22-23,33H,5-6,8-9,14,16,18,27H2,1-2H3,(H,28,35)(H,30,34)/b7-3-,19-4+/t22?,23-/m1/s1. The SMILES string of the molecule is C/C=C\C(=C/C)CCCNC(=O)[C@@H](CCCn1ccnc1[N+](=O)[O-])NC(=O)C(N)Cc1ccc(O)cc1. The summed E-state index contributed by atoms with van der Waals surface area (Å²) in [5.41, 5.74) is 8.03. The van der Waals surface area contributed by atoms with Gasteiger partial charge in [-0.2, -0.15) is 0 Å². The average molecular weight is 513 g/mol. The molecule has 11 heteroatoms. The number of aryl methyl sites for hydroxylation is 1. The van der Waals surface area contributed by atoms with Crippen LogP contribution < -0.4 is 16.4 Å². The van der Waals surface area contributed by atoms with Crippen molar-refractivity contribution in [3.05, 3.63) is 76.1 Å². The third-order valence-corrected chi connectivity index (χ3v) is 5.80. The first-order valence-electron chi connectivity index (χ1n) is 12.3. The summed E-state index contributed by atoms with van der Waals surface area (Å²) in [5.74, 6) is -0.977. The van der Waals surface area contributed by atoms with Crippen LogP contribution in [0.3, 0.4) is 0 Å². The molecule has 37 heavy (non-hydrogen) atoms. The average Bonchev–Trinajstić information content (AvgIpc) is 3.35. The Morgan fingerprint density at radius 1 is 1.22 bits per heavy atom. The number of rotatable bonds is 15. The number of nitrogens with one attached hydrogen (secondary N) is 2. The smallest absolute Gasteiger partial charge is 0.434 e. The summed E-state index contributed by atoms with van der Waals surface area (Å²) in [5, 5.41) is 26.2. The highest BCUT2D eigenvalue weighted by atomic mass is 16.6. The fourth-order valence-electron chi connectivity index (χ4n) is 3.81. The van der Waals surface area contributed by atoms with Gasteiger partial charge >= 0.3 is 5.95 Å². The van der Waals surface area contributed by atoms with Crippen molar-refractivity contribution < 1.29 is 19.6 Å². The van der Waals surface area contributed by atoms with Crippen LogP contribution in [0, 0.1) is 10.1 Å². The van der Waals surface area contributed by atoms with E-state index in [1.807, 2.05) is 32.1 Å². The van der Waals surface area contributed by atoms with Crippen molar-refractivity contribution in [1.29, 1.82) is 0 Å². The van der Waals surface area contributed by atoms with Crippen molar-refractivity contribution in [2.24, 2.45) is 5.73 Å². The summed E-state index contributed by atoms with van der Waals surface area (Å²) in [4.78, 5) is 40.0. The number of hydrogen-bond acceptors (Lipinski definition) is 7. The molecule has 0 aliphatic carbocycles. The van der Waals surface area contributed by atoms with Crippen molar-refractivity contribution in [2.75, 3.05) is 6.54 Å². The molecule has 1 aromatic carbocycles. The molecule has 1 heterocycles. The number of nitrogens with two attached hydrogens (primary N) is 1. The monoisotopic (exact) mass is 512 g/mol. The second-order valence-electron chi connectivity index (χ2n) is 8.62. The summed E-state index contributed by atoms with van der Waals surface area (Å²) in [7, 11) is 0. The summed E-state index contributed by atoms with van der Waals surface area (Å²) in [6, 6.07) is 4.64. The van der Waals surface area contributed by atoms with Gasteiger partial charge in [0.2, 0.25) is 11.8 Å². The van der Waals surface area contributed by atoms with Crippen molar-refractivity contribution in [3.63, 3.8) is 0 Å². The van der Waals surface area contributed by atoms with Gasteiger partial charge in [-0.05, 0) is 68.6 Å². The van der Waals surface area contributed by atoms with Crippen molar-refractivity contribution in [1.82, 2.24) is 20.2 Å². The Bertz CT molecular complexity index is 1090. The van der Waals surface area contributed by atoms with Crippen LogP contribution in [0.2, 0.25) is 0 Å². The number of imidazole rings is 1. The number of hydrogen-bond donors (Lipinski definition) is 4. The number of aromatic hydroxyl groups is 1. The molecule has 2 aromatic rings. The van der Waals surface area contributed by atoms with Crippen LogP contribution >= 0.6 is 0 Å². The lowest BCUT2D eigenvalue weighted by molar-refractivity contribution is -0.396. The van der Waals surface area contributed by atoms with E-state index in [2.05, 4.69) is 15.6 Å². The Kier molecular flexibility index (Phi) is 12.0. The lowest BCUT2D eigenvalue weighted by Gasteiger charge is -2.21. The maximum Gasteiger partial charge on any atom is 0.434 e. The van der Waals surface area contributed by atoms with Gasteiger partial charge in [-0.15, -0.1) is 0 Å². The van der Waals surface area contributed by atoms with E-state index in [1.54, 1.807) is 12.1 Å². The minimum absolute atomic E-state index is 0.115. The molecule has 0 aliphatic heterocycles. The highest BCUT2D eigenvalue weighted by Crippen LogP contribution is 2.13. The van der Waals surface area contributed by atoms with E-state index in [0.29, 0.717) is 13.0 Å². The molecular formula is C26H36N6O5. The lowest BCUT2D eigenvalue weighted by Crippen LogP contribution is -2.52. The Balaban J connectivity index is 1.99. The normalized spacial score (nSPS) is 13.3. The molecular weight excluding hydrogens is 476 g/mol. The minimum atomic E-state index is -0.896. The minimum Gasteiger partial charge on any atom is -0.508 e. The van der Waals surface area contributed by atoms with Crippen molar-refractivity contribution in [2.45, 2.75) is 64.6 Å². The molecule has 2 atom stereocenters. The van der Waals surface area contributed by atoms with Gasteiger partial charge in [-0.3, -0.25) is 9.59 Å². The highest BCUT2D eigenvalue weighted by Gasteiger charge is 2.24.